The molecule has 1 aliphatic heterocycles. The number of hydrogen-bond donors (Lipinski definition) is 1. The number of ketones is 1. The number of aromatic nitrogens is 1. The normalized spacial score (nSPS) is 16.8. The monoisotopic (exact) mass is 486 g/mol. The molecule has 7 nitrogen and oxygen atoms in total. The third-order valence-corrected chi connectivity index (χ3v) is 5.89. The standard InChI is InChI=1S/C29H30N2O5/c1-3-16-35-23-10-8-21(9-11-23)27(32)25-26(22-6-5-7-24(18-22)36-17-4-2)31(29(34)28(25)33)19-20-12-14-30-15-13-20/h5-15,18,26,32H,3-4,16-17,19H2,1-2H3. The number of rotatable bonds is 10. The highest BCUT2D eigenvalue weighted by Gasteiger charge is 2.46. The number of ether oxygens (including phenoxy) is 2. The molecule has 2 aromatic carbocycles. The van der Waals surface area contributed by atoms with Crippen LogP contribution >= 0.6 is 0 Å². The summed E-state index contributed by atoms with van der Waals surface area (Å²) < 4.78 is 11.4. The largest absolute Gasteiger partial charge is 0.507 e. The molecule has 1 unspecified atom stereocenters. The first-order valence-electron chi connectivity index (χ1n) is 12.2. The lowest BCUT2D eigenvalue weighted by molar-refractivity contribution is -0.140. The molecule has 4 rings (SSSR count). The van der Waals surface area contributed by atoms with Crippen LogP contribution in [0, 0.1) is 0 Å². The summed E-state index contributed by atoms with van der Waals surface area (Å²) >= 11 is 0. The van der Waals surface area contributed by atoms with Gasteiger partial charge in [0.05, 0.1) is 24.8 Å². The second-order valence-corrected chi connectivity index (χ2v) is 8.58. The molecule has 3 aromatic rings. The number of carbonyl (C=O) groups excluding carboxylic acids is 2. The number of Topliss-reactive ketones (excluding diaryl/α,β-unsaturated/α-hetero) is 1. The lowest BCUT2D eigenvalue weighted by Crippen LogP contribution is -2.29. The summed E-state index contributed by atoms with van der Waals surface area (Å²) in [4.78, 5) is 32.0. The van der Waals surface area contributed by atoms with Crippen LogP contribution in [0.5, 0.6) is 11.5 Å². The summed E-state index contributed by atoms with van der Waals surface area (Å²) in [5, 5.41) is 11.3. The van der Waals surface area contributed by atoms with Gasteiger partial charge in [-0.3, -0.25) is 14.6 Å². The zero-order valence-corrected chi connectivity index (χ0v) is 20.5. The number of aliphatic hydroxyl groups is 1. The number of aliphatic hydroxyl groups excluding tert-OH is 1. The van der Waals surface area contributed by atoms with E-state index in [9.17, 15) is 14.7 Å². The lowest BCUT2D eigenvalue weighted by Gasteiger charge is -2.25. The topological polar surface area (TPSA) is 89.0 Å². The fraction of sp³-hybridized carbons (Fsp3) is 0.276. The minimum Gasteiger partial charge on any atom is -0.507 e. The van der Waals surface area contributed by atoms with Gasteiger partial charge in [-0.15, -0.1) is 0 Å². The van der Waals surface area contributed by atoms with Crippen molar-refractivity contribution in [3.8, 4) is 11.5 Å². The van der Waals surface area contributed by atoms with Crippen molar-refractivity contribution in [3.05, 3.63) is 95.3 Å². The van der Waals surface area contributed by atoms with Crippen molar-refractivity contribution < 1.29 is 24.2 Å². The average molecular weight is 487 g/mol. The molecular formula is C29H30N2O5. The van der Waals surface area contributed by atoms with Gasteiger partial charge in [-0.05, 0) is 72.5 Å². The number of amides is 1. The molecule has 1 N–H and O–H groups in total. The van der Waals surface area contributed by atoms with Crippen LogP contribution in [0.4, 0.5) is 0 Å². The Morgan fingerprint density at radius 3 is 2.25 bits per heavy atom. The van der Waals surface area contributed by atoms with Gasteiger partial charge in [0.25, 0.3) is 11.7 Å². The summed E-state index contributed by atoms with van der Waals surface area (Å²) in [7, 11) is 0. The summed E-state index contributed by atoms with van der Waals surface area (Å²) in [6.45, 7) is 5.37. The zero-order chi connectivity index (χ0) is 25.5. The number of carbonyl (C=O) groups is 2. The van der Waals surface area contributed by atoms with Crippen molar-refractivity contribution in [1.82, 2.24) is 9.88 Å². The second kappa shape index (κ2) is 11.5. The first kappa shape index (κ1) is 25.0. The van der Waals surface area contributed by atoms with Gasteiger partial charge in [-0.1, -0.05) is 26.0 Å². The highest BCUT2D eigenvalue weighted by molar-refractivity contribution is 6.46. The fourth-order valence-electron chi connectivity index (χ4n) is 4.15. The number of hydrogen-bond acceptors (Lipinski definition) is 6. The van der Waals surface area contributed by atoms with Crippen LogP contribution in [0.15, 0.2) is 78.6 Å². The maximum absolute atomic E-state index is 13.3. The van der Waals surface area contributed by atoms with Crippen LogP contribution in [-0.2, 0) is 16.1 Å². The molecular weight excluding hydrogens is 456 g/mol. The van der Waals surface area contributed by atoms with Crippen molar-refractivity contribution in [2.75, 3.05) is 13.2 Å². The van der Waals surface area contributed by atoms with Gasteiger partial charge in [0.1, 0.15) is 17.3 Å². The Balaban J connectivity index is 1.78. The highest BCUT2D eigenvalue weighted by atomic mass is 16.5. The Bertz CT molecular complexity index is 1240. The first-order valence-corrected chi connectivity index (χ1v) is 12.2. The molecule has 1 saturated heterocycles. The van der Waals surface area contributed by atoms with Gasteiger partial charge in [-0.2, -0.15) is 0 Å². The number of likely N-dealkylation sites (tertiary alicyclic amines) is 1. The van der Waals surface area contributed by atoms with Crippen LogP contribution in [0.25, 0.3) is 5.76 Å². The predicted molar refractivity (Wildman–Crippen MR) is 137 cm³/mol. The van der Waals surface area contributed by atoms with Crippen LogP contribution < -0.4 is 9.47 Å². The average Bonchev–Trinajstić information content (AvgIpc) is 3.16. The summed E-state index contributed by atoms with van der Waals surface area (Å²) in [6.07, 6.45) is 5.01. The molecule has 0 saturated carbocycles. The summed E-state index contributed by atoms with van der Waals surface area (Å²) in [6, 6.07) is 17.0. The Morgan fingerprint density at radius 2 is 1.58 bits per heavy atom. The van der Waals surface area contributed by atoms with Gasteiger partial charge >= 0.3 is 0 Å². The number of pyridine rings is 1. The molecule has 1 atom stereocenters. The van der Waals surface area contributed by atoms with E-state index in [-0.39, 0.29) is 17.9 Å². The lowest BCUT2D eigenvalue weighted by atomic mass is 9.95. The fourth-order valence-corrected chi connectivity index (χ4v) is 4.15. The highest BCUT2D eigenvalue weighted by Crippen LogP contribution is 2.41. The van der Waals surface area contributed by atoms with Crippen molar-refractivity contribution in [3.63, 3.8) is 0 Å². The minimum atomic E-state index is -0.778. The molecule has 36 heavy (non-hydrogen) atoms. The van der Waals surface area contributed by atoms with E-state index in [2.05, 4.69) is 4.98 Å². The van der Waals surface area contributed by atoms with Gasteiger partial charge in [-0.25, -0.2) is 0 Å². The Hall–Kier alpha value is -4.13. The molecule has 1 aromatic heterocycles. The molecule has 7 heteroatoms. The maximum atomic E-state index is 13.3. The number of benzene rings is 2. The second-order valence-electron chi connectivity index (χ2n) is 8.58. The molecule has 0 spiro atoms. The van der Waals surface area contributed by atoms with Crippen molar-refractivity contribution >= 4 is 17.4 Å². The predicted octanol–water partition coefficient (Wildman–Crippen LogP) is 5.28. The summed E-state index contributed by atoms with van der Waals surface area (Å²) in [5.41, 5.74) is 1.99. The maximum Gasteiger partial charge on any atom is 0.295 e. The minimum absolute atomic E-state index is 0.0453. The van der Waals surface area contributed by atoms with E-state index in [1.165, 1.54) is 4.90 Å². The molecule has 0 bridgehead atoms. The van der Waals surface area contributed by atoms with Gasteiger partial charge in [0, 0.05) is 24.5 Å². The van der Waals surface area contributed by atoms with Crippen LogP contribution in [-0.4, -0.2) is 39.9 Å². The van der Waals surface area contributed by atoms with Crippen LogP contribution in [0.2, 0.25) is 0 Å². The first-order chi connectivity index (χ1) is 17.5. The molecule has 186 valence electrons. The van der Waals surface area contributed by atoms with Crippen molar-refractivity contribution in [2.45, 2.75) is 39.3 Å². The quantitative estimate of drug-likeness (QED) is 0.238. The third-order valence-electron chi connectivity index (χ3n) is 5.89. The van der Waals surface area contributed by atoms with E-state index < -0.39 is 17.7 Å². The van der Waals surface area contributed by atoms with E-state index in [1.807, 2.05) is 38.1 Å². The Labute approximate surface area is 211 Å². The molecule has 1 amide bonds. The molecule has 1 aliphatic rings. The van der Waals surface area contributed by atoms with Crippen molar-refractivity contribution in [1.29, 1.82) is 0 Å². The zero-order valence-electron chi connectivity index (χ0n) is 20.5. The van der Waals surface area contributed by atoms with E-state index in [4.69, 9.17) is 9.47 Å². The number of nitrogens with zero attached hydrogens (tertiary/aromatic N) is 2. The molecule has 0 radical (unpaired) electrons. The van der Waals surface area contributed by atoms with E-state index in [1.54, 1.807) is 48.8 Å². The van der Waals surface area contributed by atoms with Crippen molar-refractivity contribution in [2.24, 2.45) is 0 Å². The third kappa shape index (κ3) is 5.40. The smallest absolute Gasteiger partial charge is 0.295 e. The van der Waals surface area contributed by atoms with Gasteiger partial charge in [0.15, 0.2) is 0 Å². The molecule has 2 heterocycles. The van der Waals surface area contributed by atoms with Crippen LogP contribution in [0.1, 0.15) is 49.4 Å². The van der Waals surface area contributed by atoms with Gasteiger partial charge < -0.3 is 19.5 Å². The Kier molecular flexibility index (Phi) is 8.00. The molecule has 0 aliphatic carbocycles. The van der Waals surface area contributed by atoms with E-state index in [0.29, 0.717) is 35.8 Å². The van der Waals surface area contributed by atoms with E-state index in [0.717, 1.165) is 18.4 Å². The molecule has 1 fully saturated rings. The Morgan fingerprint density at radius 1 is 0.917 bits per heavy atom. The van der Waals surface area contributed by atoms with E-state index >= 15 is 0 Å². The van der Waals surface area contributed by atoms with Gasteiger partial charge in [0.2, 0.25) is 0 Å². The summed E-state index contributed by atoms with van der Waals surface area (Å²) in [5.74, 6) is -0.304. The van der Waals surface area contributed by atoms with Crippen LogP contribution in [0.3, 0.4) is 0 Å². The SMILES string of the molecule is CCCOc1ccc(C(O)=C2C(=O)C(=O)N(Cc3ccncc3)C2c2cccc(OCCC)c2)cc1.